The lowest BCUT2D eigenvalue weighted by molar-refractivity contribution is -0.120. The molecule has 4 heterocycles. The highest BCUT2D eigenvalue weighted by Crippen LogP contribution is 2.32. The van der Waals surface area contributed by atoms with Crippen LogP contribution in [0.2, 0.25) is 0 Å². The fourth-order valence-corrected chi connectivity index (χ4v) is 5.49. The molecule has 6 rings (SSSR count). The van der Waals surface area contributed by atoms with Crippen LogP contribution in [0.25, 0.3) is 22.2 Å². The van der Waals surface area contributed by atoms with Gasteiger partial charge in [0, 0.05) is 42.1 Å². The first-order valence-corrected chi connectivity index (χ1v) is 13.5. The van der Waals surface area contributed by atoms with Gasteiger partial charge in [-0.1, -0.05) is 25.3 Å². The van der Waals surface area contributed by atoms with Crippen LogP contribution in [0.3, 0.4) is 0 Å². The Balaban J connectivity index is 1.29. The molecule has 1 aromatic carbocycles. The molecule has 200 valence electrons. The summed E-state index contributed by atoms with van der Waals surface area (Å²) in [5, 5.41) is 6.45. The molecule has 8 nitrogen and oxygen atoms in total. The summed E-state index contributed by atoms with van der Waals surface area (Å²) in [7, 11) is 0. The lowest BCUT2D eigenvalue weighted by Crippen LogP contribution is -2.24. The zero-order chi connectivity index (χ0) is 26.8. The molecule has 2 fully saturated rings. The Kier molecular flexibility index (Phi) is 7.06. The zero-order valence-corrected chi connectivity index (χ0v) is 21.5. The molecule has 39 heavy (non-hydrogen) atoms. The van der Waals surface area contributed by atoms with Crippen molar-refractivity contribution < 1.29 is 13.9 Å². The molecule has 0 radical (unpaired) electrons. The third-order valence-corrected chi connectivity index (χ3v) is 7.67. The van der Waals surface area contributed by atoms with Crippen LogP contribution in [0, 0.1) is 11.7 Å². The topological polar surface area (TPSA) is 109 Å². The molecular weight excluding hydrogens is 497 g/mol. The Bertz CT molecular complexity index is 1560. The van der Waals surface area contributed by atoms with Gasteiger partial charge in [-0.05, 0) is 61.2 Å². The van der Waals surface area contributed by atoms with Gasteiger partial charge >= 0.3 is 0 Å². The van der Waals surface area contributed by atoms with E-state index in [1.165, 1.54) is 12.3 Å². The summed E-state index contributed by atoms with van der Waals surface area (Å²) in [6, 6.07) is 11.8. The quantitative estimate of drug-likeness (QED) is 0.289. The van der Waals surface area contributed by atoms with Gasteiger partial charge in [0.25, 0.3) is 5.56 Å². The highest BCUT2D eigenvalue weighted by molar-refractivity contribution is 5.95. The van der Waals surface area contributed by atoms with Gasteiger partial charge in [0.1, 0.15) is 11.6 Å². The number of nitrogens with one attached hydrogen (secondary N) is 3. The van der Waals surface area contributed by atoms with Crippen LogP contribution in [-0.4, -0.2) is 34.1 Å². The maximum atomic E-state index is 15.4. The SMILES string of the molecule is O=C(Nc1ccc(-c2cc(Nc3ccc(C4CCOC4)cn3)c3c(=O)[nH]ccc3n2)c(F)c1)C1CCCCC1. The van der Waals surface area contributed by atoms with E-state index >= 15 is 4.39 Å². The number of amides is 1. The summed E-state index contributed by atoms with van der Waals surface area (Å²) >= 11 is 0. The van der Waals surface area contributed by atoms with E-state index in [0.717, 1.165) is 50.7 Å². The van der Waals surface area contributed by atoms with Crippen molar-refractivity contribution in [1.29, 1.82) is 0 Å². The van der Waals surface area contributed by atoms with Crippen molar-refractivity contribution in [2.24, 2.45) is 5.92 Å². The van der Waals surface area contributed by atoms with Gasteiger partial charge in [-0.15, -0.1) is 0 Å². The highest BCUT2D eigenvalue weighted by atomic mass is 19.1. The summed E-state index contributed by atoms with van der Waals surface area (Å²) < 4.78 is 20.8. The van der Waals surface area contributed by atoms with Crippen LogP contribution in [-0.2, 0) is 9.53 Å². The molecule has 1 aliphatic carbocycles. The zero-order valence-electron chi connectivity index (χ0n) is 21.5. The van der Waals surface area contributed by atoms with Crippen LogP contribution in [0.5, 0.6) is 0 Å². The number of halogens is 1. The number of hydrogen-bond acceptors (Lipinski definition) is 6. The third kappa shape index (κ3) is 5.40. The Morgan fingerprint density at radius 1 is 1.05 bits per heavy atom. The number of hydrogen-bond donors (Lipinski definition) is 3. The van der Waals surface area contributed by atoms with Crippen molar-refractivity contribution in [2.75, 3.05) is 23.8 Å². The minimum atomic E-state index is -0.514. The normalized spacial score (nSPS) is 17.8. The second kappa shape index (κ2) is 10.9. The number of fused-ring (bicyclic) bond motifs is 1. The summed E-state index contributed by atoms with van der Waals surface area (Å²) in [6.45, 7) is 1.44. The lowest BCUT2D eigenvalue weighted by Gasteiger charge is -2.20. The molecule has 3 aromatic heterocycles. The van der Waals surface area contributed by atoms with Gasteiger partial charge in [0.05, 0.1) is 28.9 Å². The number of carbonyl (C=O) groups is 1. The average molecular weight is 528 g/mol. The first-order valence-electron chi connectivity index (χ1n) is 13.5. The van der Waals surface area contributed by atoms with E-state index in [-0.39, 0.29) is 22.9 Å². The number of carbonyl (C=O) groups excluding carboxylic acids is 1. The molecule has 1 saturated carbocycles. The van der Waals surface area contributed by atoms with E-state index < -0.39 is 5.82 Å². The van der Waals surface area contributed by atoms with E-state index in [9.17, 15) is 9.59 Å². The molecule has 2 aliphatic rings. The molecule has 4 aromatic rings. The van der Waals surface area contributed by atoms with Crippen molar-refractivity contribution in [3.8, 4) is 11.3 Å². The molecule has 3 N–H and O–H groups in total. The Morgan fingerprint density at radius 3 is 2.67 bits per heavy atom. The van der Waals surface area contributed by atoms with Crippen LogP contribution >= 0.6 is 0 Å². The largest absolute Gasteiger partial charge is 0.381 e. The fraction of sp³-hybridized carbons (Fsp3) is 0.333. The maximum absolute atomic E-state index is 15.4. The predicted octanol–water partition coefficient (Wildman–Crippen LogP) is 5.89. The first-order chi connectivity index (χ1) is 19.0. The number of rotatable bonds is 6. The summed E-state index contributed by atoms with van der Waals surface area (Å²) in [5.41, 5.74) is 2.73. The molecule has 1 atom stereocenters. The molecule has 1 aliphatic heterocycles. The molecule has 1 unspecified atom stereocenters. The molecule has 0 spiro atoms. The van der Waals surface area contributed by atoms with E-state index in [1.807, 2.05) is 18.3 Å². The standard InChI is InChI=1S/C30H30FN5O3/c31-23-14-21(34-29(37)18-4-2-1-3-5-18)7-8-22(23)25-15-26(28-24(35-25)10-12-32-30(28)38)36-27-9-6-19(16-33-27)20-11-13-39-17-20/h6-10,12,14-16,18,20H,1-5,11,13,17H2,(H,32,38)(H,34,37)(H,33,35,36). The van der Waals surface area contributed by atoms with Gasteiger partial charge in [-0.25, -0.2) is 14.4 Å². The number of aromatic amines is 1. The molecular formula is C30H30FN5O3. The number of anilines is 3. The van der Waals surface area contributed by atoms with Gasteiger partial charge in [0.15, 0.2) is 0 Å². The Labute approximate surface area is 225 Å². The first kappa shape index (κ1) is 25.2. The van der Waals surface area contributed by atoms with E-state index in [1.54, 1.807) is 24.3 Å². The fourth-order valence-electron chi connectivity index (χ4n) is 5.49. The van der Waals surface area contributed by atoms with E-state index in [2.05, 4.69) is 25.6 Å². The van der Waals surface area contributed by atoms with Gasteiger partial charge < -0.3 is 20.4 Å². The molecule has 9 heteroatoms. The maximum Gasteiger partial charge on any atom is 0.259 e. The number of nitrogens with zero attached hydrogens (tertiary/aromatic N) is 2. The second-order valence-corrected chi connectivity index (χ2v) is 10.3. The Morgan fingerprint density at radius 2 is 1.92 bits per heavy atom. The van der Waals surface area contributed by atoms with Crippen LogP contribution < -0.4 is 16.2 Å². The lowest BCUT2D eigenvalue weighted by atomic mass is 9.88. The van der Waals surface area contributed by atoms with Crippen LogP contribution in [0.4, 0.5) is 21.6 Å². The van der Waals surface area contributed by atoms with Crippen LogP contribution in [0.15, 0.2) is 59.7 Å². The Hall–Kier alpha value is -4.11. The minimum Gasteiger partial charge on any atom is -0.381 e. The van der Waals surface area contributed by atoms with Gasteiger partial charge in [-0.3, -0.25) is 9.59 Å². The number of ether oxygens (including phenoxy) is 1. The second-order valence-electron chi connectivity index (χ2n) is 10.3. The van der Waals surface area contributed by atoms with E-state index in [0.29, 0.717) is 46.3 Å². The minimum absolute atomic E-state index is 0.0236. The number of benzene rings is 1. The number of pyridine rings is 3. The highest BCUT2D eigenvalue weighted by Gasteiger charge is 2.22. The summed E-state index contributed by atoms with van der Waals surface area (Å²) in [4.78, 5) is 37.2. The monoisotopic (exact) mass is 527 g/mol. The average Bonchev–Trinajstić information content (AvgIpc) is 3.49. The van der Waals surface area contributed by atoms with E-state index in [4.69, 9.17) is 4.74 Å². The predicted molar refractivity (Wildman–Crippen MR) is 149 cm³/mol. The van der Waals surface area contributed by atoms with Crippen molar-refractivity contribution in [2.45, 2.75) is 44.4 Å². The molecule has 1 amide bonds. The van der Waals surface area contributed by atoms with Gasteiger partial charge in [-0.2, -0.15) is 0 Å². The summed E-state index contributed by atoms with van der Waals surface area (Å²) in [5.74, 6) is 0.294. The van der Waals surface area contributed by atoms with Crippen molar-refractivity contribution in [1.82, 2.24) is 15.0 Å². The number of aromatic nitrogens is 3. The molecule has 1 saturated heterocycles. The molecule has 0 bridgehead atoms. The van der Waals surface area contributed by atoms with Crippen LogP contribution in [0.1, 0.15) is 50.0 Å². The summed E-state index contributed by atoms with van der Waals surface area (Å²) in [6.07, 6.45) is 9.30. The smallest absolute Gasteiger partial charge is 0.259 e. The van der Waals surface area contributed by atoms with Gasteiger partial charge in [0.2, 0.25) is 5.91 Å². The number of H-pyrrole nitrogens is 1. The third-order valence-electron chi connectivity index (χ3n) is 7.67. The van der Waals surface area contributed by atoms with Crippen molar-refractivity contribution >= 4 is 34.0 Å². The van der Waals surface area contributed by atoms with Crippen molar-refractivity contribution in [3.05, 3.63) is 76.6 Å². The van der Waals surface area contributed by atoms with Crippen molar-refractivity contribution in [3.63, 3.8) is 0 Å².